The summed E-state index contributed by atoms with van der Waals surface area (Å²) in [5.74, 6) is 6.54. The SMILES string of the molecule is CC(=O)Oc1ccc2c3c1O[C@H]1[C@H](N(CC(C)C)C(=O)C#Cc4ccc(C)c(C)c4)CC[C@@]4(O)[C@@H](C2)N(C)CC[C@]314. The molecule has 5 atom stereocenters. The monoisotopic (exact) mass is 556 g/mol. The maximum Gasteiger partial charge on any atom is 0.308 e. The van der Waals surface area contributed by atoms with E-state index in [4.69, 9.17) is 9.47 Å². The van der Waals surface area contributed by atoms with Gasteiger partial charge in [-0.2, -0.15) is 0 Å². The molecular weight excluding hydrogens is 516 g/mol. The van der Waals surface area contributed by atoms with Crippen LogP contribution < -0.4 is 9.47 Å². The number of ether oxygens (including phenoxy) is 2. The van der Waals surface area contributed by atoms with E-state index in [9.17, 15) is 14.7 Å². The number of aliphatic hydroxyl groups is 1. The minimum Gasteiger partial charge on any atom is -0.483 e. The largest absolute Gasteiger partial charge is 0.483 e. The molecule has 2 aliphatic heterocycles. The lowest BCUT2D eigenvalue weighted by Gasteiger charge is -2.64. The number of benzene rings is 2. The van der Waals surface area contributed by atoms with E-state index in [1.165, 1.54) is 12.5 Å². The zero-order valence-electron chi connectivity index (χ0n) is 24.9. The minimum atomic E-state index is -1.02. The molecule has 0 unspecified atom stereocenters. The highest BCUT2D eigenvalue weighted by molar-refractivity contribution is 5.94. The van der Waals surface area contributed by atoms with Gasteiger partial charge in [-0.15, -0.1) is 0 Å². The fraction of sp³-hybridized carbons (Fsp3) is 0.529. The van der Waals surface area contributed by atoms with Gasteiger partial charge >= 0.3 is 5.97 Å². The summed E-state index contributed by atoms with van der Waals surface area (Å²) < 4.78 is 12.5. The third-order valence-corrected chi connectivity index (χ3v) is 9.98. The number of piperidine rings is 1. The van der Waals surface area contributed by atoms with Gasteiger partial charge in [0.2, 0.25) is 0 Å². The average Bonchev–Trinajstić information content (AvgIpc) is 3.27. The summed E-state index contributed by atoms with van der Waals surface area (Å²) in [6.07, 6.45) is 2.07. The number of nitrogens with zero attached hydrogens (tertiary/aromatic N) is 2. The standard InChI is InChI=1S/C34H40N2O5/c1-20(2)19-36(29(38)12-9-24-8-7-21(3)22(4)17-24)26-13-14-34(39)28-18-25-10-11-27(40-23(5)37)31-30(25)33(34,32(26)41-31)15-16-35(28)6/h7-8,10-11,17,20,26,28,32,39H,13-16,18-19H2,1-6H3/t26-,28-,32+,33+,34-/m1/s1. The second-order valence-electron chi connectivity index (χ2n) is 12.9. The van der Waals surface area contributed by atoms with Crippen molar-refractivity contribution in [2.45, 2.75) is 89.5 Å². The molecule has 2 aromatic rings. The van der Waals surface area contributed by atoms with Crippen LogP contribution in [0.1, 0.15) is 67.9 Å². The van der Waals surface area contributed by atoms with Crippen LogP contribution in [0.2, 0.25) is 0 Å². The molecule has 6 rings (SSSR count). The van der Waals surface area contributed by atoms with Crippen molar-refractivity contribution in [3.8, 4) is 23.3 Å². The fourth-order valence-electron chi connectivity index (χ4n) is 8.05. The first-order chi connectivity index (χ1) is 19.5. The highest BCUT2D eigenvalue weighted by atomic mass is 16.6. The molecule has 1 amide bonds. The number of likely N-dealkylation sites (N-methyl/N-ethyl adjacent to an activating group) is 1. The van der Waals surface area contributed by atoms with Gasteiger partial charge in [-0.25, -0.2) is 0 Å². The second-order valence-corrected chi connectivity index (χ2v) is 12.9. The van der Waals surface area contributed by atoms with Crippen molar-refractivity contribution in [2.24, 2.45) is 5.92 Å². The number of likely N-dealkylation sites (tertiary alicyclic amines) is 1. The summed E-state index contributed by atoms with van der Waals surface area (Å²) in [5.41, 5.74) is 3.50. The quantitative estimate of drug-likeness (QED) is 0.350. The number of rotatable bonds is 4. The lowest BCUT2D eigenvalue weighted by Crippen LogP contribution is -2.78. The Morgan fingerprint density at radius 3 is 2.68 bits per heavy atom. The normalized spacial score (nSPS) is 29.2. The zero-order valence-corrected chi connectivity index (χ0v) is 24.9. The molecule has 1 saturated heterocycles. The van der Waals surface area contributed by atoms with E-state index in [1.807, 2.05) is 42.2 Å². The van der Waals surface area contributed by atoms with Crippen molar-refractivity contribution in [3.05, 3.63) is 58.1 Å². The minimum absolute atomic E-state index is 0.0554. The first-order valence-corrected chi connectivity index (χ1v) is 14.8. The van der Waals surface area contributed by atoms with Crippen LogP contribution in [0.5, 0.6) is 11.5 Å². The summed E-state index contributed by atoms with van der Waals surface area (Å²) in [6.45, 7) is 11.0. The van der Waals surface area contributed by atoms with Gasteiger partial charge in [0.05, 0.1) is 17.1 Å². The lowest BCUT2D eigenvalue weighted by atomic mass is 9.48. The van der Waals surface area contributed by atoms with E-state index in [0.717, 1.165) is 28.8 Å². The molecular formula is C34H40N2O5. The second kappa shape index (κ2) is 9.89. The van der Waals surface area contributed by atoms with E-state index in [1.54, 1.807) is 0 Å². The van der Waals surface area contributed by atoms with Gasteiger partial charge in [-0.1, -0.05) is 31.9 Å². The number of amides is 1. The molecule has 1 N–H and O–H groups in total. The molecule has 2 heterocycles. The van der Waals surface area contributed by atoms with Crippen molar-refractivity contribution in [1.82, 2.24) is 9.80 Å². The third kappa shape index (κ3) is 4.18. The number of carbonyl (C=O) groups is 2. The van der Waals surface area contributed by atoms with Crippen LogP contribution in [-0.2, 0) is 21.4 Å². The van der Waals surface area contributed by atoms with Crippen molar-refractivity contribution >= 4 is 11.9 Å². The van der Waals surface area contributed by atoms with Crippen LogP contribution in [0.3, 0.4) is 0 Å². The summed E-state index contributed by atoms with van der Waals surface area (Å²) >= 11 is 0. The van der Waals surface area contributed by atoms with Crippen LogP contribution in [0.4, 0.5) is 0 Å². The molecule has 216 valence electrons. The van der Waals surface area contributed by atoms with Crippen molar-refractivity contribution in [3.63, 3.8) is 0 Å². The van der Waals surface area contributed by atoms with E-state index in [-0.39, 0.29) is 23.9 Å². The molecule has 1 spiro atoms. The van der Waals surface area contributed by atoms with E-state index < -0.39 is 23.1 Å². The molecule has 2 aliphatic carbocycles. The van der Waals surface area contributed by atoms with E-state index >= 15 is 0 Å². The predicted octanol–water partition coefficient (Wildman–Crippen LogP) is 3.92. The molecule has 2 aromatic carbocycles. The number of hydrogen-bond acceptors (Lipinski definition) is 6. The molecule has 0 radical (unpaired) electrons. The smallest absolute Gasteiger partial charge is 0.308 e. The zero-order chi connectivity index (χ0) is 29.3. The third-order valence-electron chi connectivity index (χ3n) is 9.98. The Balaban J connectivity index is 1.44. The molecule has 2 bridgehead atoms. The van der Waals surface area contributed by atoms with E-state index in [2.05, 4.69) is 44.6 Å². The highest BCUT2D eigenvalue weighted by Crippen LogP contribution is 2.65. The Morgan fingerprint density at radius 2 is 1.98 bits per heavy atom. The first kappa shape index (κ1) is 27.8. The lowest BCUT2D eigenvalue weighted by molar-refractivity contribution is -0.197. The highest BCUT2D eigenvalue weighted by Gasteiger charge is 2.73. The topological polar surface area (TPSA) is 79.3 Å². The number of carbonyl (C=O) groups excluding carboxylic acids is 2. The van der Waals surface area contributed by atoms with Crippen LogP contribution in [0, 0.1) is 31.6 Å². The maximum absolute atomic E-state index is 13.9. The Bertz CT molecular complexity index is 1490. The summed E-state index contributed by atoms with van der Waals surface area (Å²) in [6, 6.07) is 9.48. The summed E-state index contributed by atoms with van der Waals surface area (Å²) in [5, 5.41) is 12.6. The maximum atomic E-state index is 13.9. The Labute approximate surface area is 242 Å². The first-order valence-electron chi connectivity index (χ1n) is 14.8. The molecule has 0 aromatic heterocycles. The fourth-order valence-corrected chi connectivity index (χ4v) is 8.05. The van der Waals surface area contributed by atoms with Crippen molar-refractivity contribution in [1.29, 1.82) is 0 Å². The molecule has 4 aliphatic rings. The Hall–Kier alpha value is -3.34. The van der Waals surface area contributed by atoms with Gasteiger partial charge in [0, 0.05) is 36.6 Å². The van der Waals surface area contributed by atoms with Gasteiger partial charge in [-0.05, 0) is 93.9 Å². The van der Waals surface area contributed by atoms with Crippen molar-refractivity contribution < 1.29 is 24.2 Å². The Morgan fingerprint density at radius 1 is 1.20 bits per heavy atom. The molecule has 2 fully saturated rings. The van der Waals surface area contributed by atoms with Crippen LogP contribution >= 0.6 is 0 Å². The van der Waals surface area contributed by atoms with Gasteiger partial charge in [0.1, 0.15) is 6.10 Å². The van der Waals surface area contributed by atoms with Gasteiger partial charge in [0.25, 0.3) is 5.91 Å². The van der Waals surface area contributed by atoms with Crippen LogP contribution in [0.25, 0.3) is 0 Å². The van der Waals surface area contributed by atoms with Gasteiger partial charge in [0.15, 0.2) is 11.5 Å². The number of esters is 1. The number of hydrogen-bond donors (Lipinski definition) is 1. The number of aryl methyl sites for hydroxylation is 2. The molecule has 1 saturated carbocycles. The molecule has 7 nitrogen and oxygen atoms in total. The summed E-state index contributed by atoms with van der Waals surface area (Å²) in [4.78, 5) is 30.1. The molecule has 7 heteroatoms. The van der Waals surface area contributed by atoms with E-state index in [0.29, 0.717) is 43.7 Å². The van der Waals surface area contributed by atoms with Crippen LogP contribution in [-0.4, -0.2) is 70.7 Å². The van der Waals surface area contributed by atoms with Gasteiger partial charge < -0.3 is 24.4 Å². The summed E-state index contributed by atoms with van der Waals surface area (Å²) in [7, 11) is 2.09. The predicted molar refractivity (Wildman–Crippen MR) is 156 cm³/mol. The van der Waals surface area contributed by atoms with Crippen LogP contribution in [0.15, 0.2) is 30.3 Å². The van der Waals surface area contributed by atoms with Gasteiger partial charge in [-0.3, -0.25) is 9.59 Å². The molecule has 41 heavy (non-hydrogen) atoms. The average molecular weight is 557 g/mol. The Kier molecular flexibility index (Phi) is 6.71. The van der Waals surface area contributed by atoms with Crippen molar-refractivity contribution in [2.75, 3.05) is 20.1 Å².